The van der Waals surface area contributed by atoms with E-state index in [1.807, 2.05) is 12.1 Å². The predicted molar refractivity (Wildman–Crippen MR) is 65.3 cm³/mol. The highest BCUT2D eigenvalue weighted by atomic mass is 16.5. The van der Waals surface area contributed by atoms with E-state index in [1.165, 1.54) is 0 Å². The zero-order chi connectivity index (χ0) is 11.4. The molecule has 0 aromatic carbocycles. The van der Waals surface area contributed by atoms with Crippen molar-refractivity contribution < 1.29 is 4.74 Å². The molecule has 1 aliphatic heterocycles. The Kier molecular flexibility index (Phi) is 3.29. The number of nitrogens with two attached hydrogens (primary N) is 1. The number of hydrogen-bond acceptors (Lipinski definition) is 4. The number of hydrogen-bond donors (Lipinski definition) is 2. The number of nitrogen functional groups attached to an aromatic ring is 1. The first-order valence-electron chi connectivity index (χ1n) is 5.71. The van der Waals surface area contributed by atoms with Crippen LogP contribution in [0.15, 0.2) is 18.3 Å². The normalized spacial score (nSPS) is 19.3. The van der Waals surface area contributed by atoms with Gasteiger partial charge in [-0.05, 0) is 24.3 Å². The highest BCUT2D eigenvalue weighted by Crippen LogP contribution is 2.29. The van der Waals surface area contributed by atoms with Gasteiger partial charge in [0.15, 0.2) is 0 Å². The van der Waals surface area contributed by atoms with Gasteiger partial charge in [0, 0.05) is 37.7 Å². The van der Waals surface area contributed by atoms with E-state index in [4.69, 9.17) is 10.5 Å². The van der Waals surface area contributed by atoms with Gasteiger partial charge in [-0.15, -0.1) is 0 Å². The van der Waals surface area contributed by atoms with Crippen LogP contribution in [-0.2, 0) is 4.74 Å². The molecule has 0 radical (unpaired) electrons. The molecule has 88 valence electrons. The Bertz CT molecular complexity index is 348. The summed E-state index contributed by atoms with van der Waals surface area (Å²) in [6.07, 6.45) is 3.95. The summed E-state index contributed by atoms with van der Waals surface area (Å²) >= 11 is 0. The highest BCUT2D eigenvalue weighted by Gasteiger charge is 2.26. The molecule has 0 saturated carbocycles. The van der Waals surface area contributed by atoms with E-state index in [0.29, 0.717) is 11.2 Å². The summed E-state index contributed by atoms with van der Waals surface area (Å²) in [5, 5.41) is 3.42. The first-order chi connectivity index (χ1) is 7.68. The molecule has 0 amide bonds. The zero-order valence-corrected chi connectivity index (χ0v) is 9.70. The van der Waals surface area contributed by atoms with Gasteiger partial charge in [-0.2, -0.15) is 0 Å². The van der Waals surface area contributed by atoms with Crippen LogP contribution in [0.3, 0.4) is 0 Å². The van der Waals surface area contributed by atoms with Crippen LogP contribution < -0.4 is 11.1 Å². The van der Waals surface area contributed by atoms with Crippen molar-refractivity contribution in [1.29, 1.82) is 0 Å². The number of rotatable bonds is 3. The number of anilines is 2. The van der Waals surface area contributed by atoms with Gasteiger partial charge in [-0.1, -0.05) is 6.92 Å². The molecule has 4 heteroatoms. The zero-order valence-electron chi connectivity index (χ0n) is 9.70. The van der Waals surface area contributed by atoms with Gasteiger partial charge in [0.1, 0.15) is 5.82 Å². The second-order valence-corrected chi connectivity index (χ2v) is 4.75. The molecule has 3 N–H and O–H groups in total. The van der Waals surface area contributed by atoms with E-state index in [-0.39, 0.29) is 0 Å². The summed E-state index contributed by atoms with van der Waals surface area (Å²) in [4.78, 5) is 3.97. The number of aromatic nitrogens is 1. The van der Waals surface area contributed by atoms with Crippen LogP contribution >= 0.6 is 0 Å². The van der Waals surface area contributed by atoms with E-state index in [2.05, 4.69) is 17.2 Å². The molecule has 1 fully saturated rings. The van der Waals surface area contributed by atoms with Crippen LogP contribution in [0.4, 0.5) is 11.5 Å². The molecule has 1 aromatic rings. The smallest absolute Gasteiger partial charge is 0.125 e. The minimum absolute atomic E-state index is 0.330. The molecular weight excluding hydrogens is 202 g/mol. The molecule has 1 aliphatic rings. The fourth-order valence-electron chi connectivity index (χ4n) is 1.91. The Hall–Kier alpha value is -1.29. The molecule has 1 saturated heterocycles. The number of ether oxygens (including phenoxy) is 1. The molecule has 0 spiro atoms. The standard InChI is InChI=1S/C12H19N3O/c1-12(3-6-16-7-4-12)9-15-10-2-5-14-11(13)8-10/h2,5,8H,3-4,6-7,9H2,1H3,(H3,13,14,15). The highest BCUT2D eigenvalue weighted by molar-refractivity contribution is 5.49. The maximum absolute atomic E-state index is 5.63. The molecule has 0 unspecified atom stereocenters. The Labute approximate surface area is 96.2 Å². The fourth-order valence-corrected chi connectivity index (χ4v) is 1.91. The van der Waals surface area contributed by atoms with Crippen molar-refractivity contribution in [3.05, 3.63) is 18.3 Å². The molecule has 4 nitrogen and oxygen atoms in total. The Morgan fingerprint density at radius 2 is 2.25 bits per heavy atom. The van der Waals surface area contributed by atoms with Gasteiger partial charge in [-0.25, -0.2) is 4.98 Å². The molecule has 2 heterocycles. The minimum atomic E-state index is 0.330. The second kappa shape index (κ2) is 4.70. The van der Waals surface area contributed by atoms with Gasteiger partial charge < -0.3 is 15.8 Å². The SMILES string of the molecule is CC1(CNc2ccnc(N)c2)CCOCC1. The third-order valence-corrected chi connectivity index (χ3v) is 3.20. The van der Waals surface area contributed by atoms with Crippen LogP contribution in [0.25, 0.3) is 0 Å². The molecular formula is C12H19N3O. The van der Waals surface area contributed by atoms with Gasteiger partial charge in [-0.3, -0.25) is 0 Å². The number of pyridine rings is 1. The van der Waals surface area contributed by atoms with E-state index in [0.717, 1.165) is 38.3 Å². The average Bonchev–Trinajstić information content (AvgIpc) is 2.28. The van der Waals surface area contributed by atoms with Crippen molar-refractivity contribution in [2.45, 2.75) is 19.8 Å². The van der Waals surface area contributed by atoms with Crippen LogP contribution in [0.5, 0.6) is 0 Å². The van der Waals surface area contributed by atoms with E-state index < -0.39 is 0 Å². The summed E-state index contributed by atoms with van der Waals surface area (Å²) in [5.74, 6) is 0.558. The van der Waals surface area contributed by atoms with Crippen molar-refractivity contribution >= 4 is 11.5 Å². The molecule has 16 heavy (non-hydrogen) atoms. The van der Waals surface area contributed by atoms with E-state index in [1.54, 1.807) is 6.20 Å². The number of nitrogens with one attached hydrogen (secondary N) is 1. The van der Waals surface area contributed by atoms with Crippen molar-refractivity contribution in [2.75, 3.05) is 30.8 Å². The fraction of sp³-hybridized carbons (Fsp3) is 0.583. The van der Waals surface area contributed by atoms with Crippen molar-refractivity contribution in [1.82, 2.24) is 4.98 Å². The predicted octanol–water partition coefficient (Wildman–Crippen LogP) is 1.89. The topological polar surface area (TPSA) is 60.2 Å². The molecule has 2 rings (SSSR count). The third kappa shape index (κ3) is 2.85. The van der Waals surface area contributed by atoms with Gasteiger partial charge in [0.05, 0.1) is 0 Å². The molecule has 0 atom stereocenters. The second-order valence-electron chi connectivity index (χ2n) is 4.75. The summed E-state index contributed by atoms with van der Waals surface area (Å²) in [6, 6.07) is 3.81. The molecule has 1 aromatic heterocycles. The van der Waals surface area contributed by atoms with Crippen molar-refractivity contribution in [3.63, 3.8) is 0 Å². The van der Waals surface area contributed by atoms with E-state index in [9.17, 15) is 0 Å². The van der Waals surface area contributed by atoms with Crippen molar-refractivity contribution in [2.24, 2.45) is 5.41 Å². The Morgan fingerprint density at radius 3 is 2.94 bits per heavy atom. The van der Waals surface area contributed by atoms with Gasteiger partial charge >= 0.3 is 0 Å². The third-order valence-electron chi connectivity index (χ3n) is 3.20. The summed E-state index contributed by atoms with van der Waals surface area (Å²) in [5.41, 5.74) is 7.00. The minimum Gasteiger partial charge on any atom is -0.384 e. The lowest BCUT2D eigenvalue weighted by Crippen LogP contribution is -2.33. The van der Waals surface area contributed by atoms with Crippen LogP contribution in [0.2, 0.25) is 0 Å². The maximum Gasteiger partial charge on any atom is 0.125 e. The molecule has 0 bridgehead atoms. The maximum atomic E-state index is 5.63. The van der Waals surface area contributed by atoms with Crippen LogP contribution in [-0.4, -0.2) is 24.7 Å². The van der Waals surface area contributed by atoms with Gasteiger partial charge in [0.25, 0.3) is 0 Å². The average molecular weight is 221 g/mol. The lowest BCUT2D eigenvalue weighted by Gasteiger charge is -2.33. The Morgan fingerprint density at radius 1 is 1.50 bits per heavy atom. The summed E-state index contributed by atoms with van der Waals surface area (Å²) < 4.78 is 5.38. The summed E-state index contributed by atoms with van der Waals surface area (Å²) in [7, 11) is 0. The Balaban J connectivity index is 1.91. The van der Waals surface area contributed by atoms with Crippen LogP contribution in [0.1, 0.15) is 19.8 Å². The monoisotopic (exact) mass is 221 g/mol. The largest absolute Gasteiger partial charge is 0.384 e. The lowest BCUT2D eigenvalue weighted by molar-refractivity contribution is 0.0300. The quantitative estimate of drug-likeness (QED) is 0.818. The first kappa shape index (κ1) is 11.2. The molecule has 0 aliphatic carbocycles. The van der Waals surface area contributed by atoms with Crippen molar-refractivity contribution in [3.8, 4) is 0 Å². The van der Waals surface area contributed by atoms with E-state index >= 15 is 0 Å². The first-order valence-corrected chi connectivity index (χ1v) is 5.71. The summed E-state index contributed by atoms with van der Waals surface area (Å²) in [6.45, 7) is 5.00. The van der Waals surface area contributed by atoms with Gasteiger partial charge in [0.2, 0.25) is 0 Å². The van der Waals surface area contributed by atoms with Crippen LogP contribution in [0, 0.1) is 5.41 Å². The number of nitrogens with zero attached hydrogens (tertiary/aromatic N) is 1. The lowest BCUT2D eigenvalue weighted by atomic mass is 9.82.